The summed E-state index contributed by atoms with van der Waals surface area (Å²) < 4.78 is 14.1. The summed E-state index contributed by atoms with van der Waals surface area (Å²) in [7, 11) is 1.61. The molecule has 1 N–H and O–H groups in total. The number of hydrogen-bond acceptors (Lipinski definition) is 2. The summed E-state index contributed by atoms with van der Waals surface area (Å²) in [5.74, 6) is -1.23. The zero-order chi connectivity index (χ0) is 20.1. The van der Waals surface area contributed by atoms with Gasteiger partial charge in [-0.3, -0.25) is 9.59 Å². The lowest BCUT2D eigenvalue weighted by atomic mass is 10.00. The van der Waals surface area contributed by atoms with Gasteiger partial charge in [0.2, 0.25) is 5.91 Å². The zero-order valence-corrected chi connectivity index (χ0v) is 16.6. The molecule has 6 heteroatoms. The SMILES string of the molecule is CC(C)C(NC(=O)c1ccccc1Cl)C(=O)N(C)C(C)c1ccccc1F. The average molecular weight is 391 g/mol. The highest BCUT2D eigenvalue weighted by atomic mass is 35.5. The quantitative estimate of drug-likeness (QED) is 0.792. The van der Waals surface area contributed by atoms with Gasteiger partial charge >= 0.3 is 0 Å². The van der Waals surface area contributed by atoms with Crippen LogP contribution in [0, 0.1) is 11.7 Å². The van der Waals surface area contributed by atoms with Crippen LogP contribution in [0.1, 0.15) is 42.7 Å². The third-order valence-electron chi connectivity index (χ3n) is 4.62. The van der Waals surface area contributed by atoms with Crippen molar-refractivity contribution in [1.82, 2.24) is 10.2 Å². The molecule has 2 atom stereocenters. The number of halogens is 2. The number of amides is 2. The Bertz CT molecular complexity index is 825. The van der Waals surface area contributed by atoms with Crippen LogP contribution < -0.4 is 5.32 Å². The van der Waals surface area contributed by atoms with E-state index in [1.165, 1.54) is 11.0 Å². The van der Waals surface area contributed by atoms with Crippen LogP contribution in [0.2, 0.25) is 5.02 Å². The molecule has 2 unspecified atom stereocenters. The minimum absolute atomic E-state index is 0.154. The van der Waals surface area contributed by atoms with E-state index in [2.05, 4.69) is 5.32 Å². The molecule has 0 aliphatic rings. The Balaban J connectivity index is 2.20. The smallest absolute Gasteiger partial charge is 0.253 e. The van der Waals surface area contributed by atoms with E-state index in [0.717, 1.165) is 0 Å². The van der Waals surface area contributed by atoms with Crippen LogP contribution in [0.5, 0.6) is 0 Å². The van der Waals surface area contributed by atoms with Gasteiger partial charge in [0.15, 0.2) is 0 Å². The minimum atomic E-state index is -0.756. The fourth-order valence-corrected chi connectivity index (χ4v) is 3.03. The van der Waals surface area contributed by atoms with Crippen molar-refractivity contribution in [3.05, 3.63) is 70.5 Å². The van der Waals surface area contributed by atoms with Crippen LogP contribution in [0.15, 0.2) is 48.5 Å². The Hall–Kier alpha value is -2.40. The molecular formula is C21H24ClFN2O2. The van der Waals surface area contributed by atoms with E-state index in [0.29, 0.717) is 16.1 Å². The summed E-state index contributed by atoms with van der Waals surface area (Å²) in [4.78, 5) is 27.0. The van der Waals surface area contributed by atoms with Gasteiger partial charge in [-0.1, -0.05) is 55.8 Å². The normalized spacial score (nSPS) is 13.1. The number of hydrogen-bond donors (Lipinski definition) is 1. The molecule has 0 fully saturated rings. The lowest BCUT2D eigenvalue weighted by molar-refractivity contribution is -0.135. The molecule has 4 nitrogen and oxygen atoms in total. The van der Waals surface area contributed by atoms with Crippen molar-refractivity contribution in [3.63, 3.8) is 0 Å². The first kappa shape index (κ1) is 20.9. The molecule has 0 aliphatic heterocycles. The van der Waals surface area contributed by atoms with Crippen LogP contribution >= 0.6 is 11.6 Å². The Morgan fingerprint density at radius 3 is 2.22 bits per heavy atom. The van der Waals surface area contributed by atoms with Gasteiger partial charge in [0.1, 0.15) is 11.9 Å². The van der Waals surface area contributed by atoms with E-state index >= 15 is 0 Å². The second kappa shape index (κ2) is 9.00. The van der Waals surface area contributed by atoms with Gasteiger partial charge in [-0.15, -0.1) is 0 Å². The maximum absolute atomic E-state index is 14.1. The minimum Gasteiger partial charge on any atom is -0.340 e. The topological polar surface area (TPSA) is 49.4 Å². The molecule has 2 aromatic rings. The molecule has 0 saturated carbocycles. The summed E-state index contributed by atoms with van der Waals surface area (Å²) in [6, 6.07) is 11.8. The molecule has 144 valence electrons. The van der Waals surface area contributed by atoms with E-state index in [1.54, 1.807) is 56.4 Å². The van der Waals surface area contributed by atoms with Crippen molar-refractivity contribution >= 4 is 23.4 Å². The number of rotatable bonds is 6. The van der Waals surface area contributed by atoms with Gasteiger partial charge in [-0.05, 0) is 31.0 Å². The molecule has 0 bridgehead atoms. The molecule has 0 radical (unpaired) electrons. The van der Waals surface area contributed by atoms with Crippen molar-refractivity contribution in [2.45, 2.75) is 32.9 Å². The van der Waals surface area contributed by atoms with Gasteiger partial charge in [-0.2, -0.15) is 0 Å². The number of nitrogens with one attached hydrogen (secondary N) is 1. The van der Waals surface area contributed by atoms with Crippen molar-refractivity contribution in [1.29, 1.82) is 0 Å². The predicted octanol–water partition coefficient (Wildman–Crippen LogP) is 4.45. The highest BCUT2D eigenvalue weighted by Gasteiger charge is 2.30. The van der Waals surface area contributed by atoms with Crippen LogP contribution in [0.25, 0.3) is 0 Å². The highest BCUT2D eigenvalue weighted by molar-refractivity contribution is 6.33. The Labute approximate surface area is 164 Å². The van der Waals surface area contributed by atoms with Crippen molar-refractivity contribution in [2.75, 3.05) is 7.05 Å². The Kier molecular flexibility index (Phi) is 6.97. The zero-order valence-electron chi connectivity index (χ0n) is 15.9. The van der Waals surface area contributed by atoms with Crippen LogP contribution in [0.4, 0.5) is 4.39 Å². The first-order valence-electron chi connectivity index (χ1n) is 8.80. The summed E-state index contributed by atoms with van der Waals surface area (Å²) in [5.41, 5.74) is 0.732. The molecule has 0 saturated heterocycles. The van der Waals surface area contributed by atoms with E-state index < -0.39 is 18.0 Å². The summed E-state index contributed by atoms with van der Waals surface area (Å²) in [6.45, 7) is 5.44. The van der Waals surface area contributed by atoms with Gasteiger partial charge in [0, 0.05) is 12.6 Å². The molecule has 0 aliphatic carbocycles. The summed E-state index contributed by atoms with van der Waals surface area (Å²) in [5, 5.41) is 3.08. The standard InChI is InChI=1S/C21H24ClFN2O2/c1-13(2)19(24-20(26)16-10-5-7-11-17(16)22)21(27)25(4)14(3)15-9-6-8-12-18(15)23/h5-14,19H,1-4H3,(H,24,26). The first-order chi connectivity index (χ1) is 12.7. The van der Waals surface area contributed by atoms with Gasteiger partial charge < -0.3 is 10.2 Å². The van der Waals surface area contributed by atoms with Crippen LogP contribution in [0.3, 0.4) is 0 Å². The number of carbonyl (C=O) groups excluding carboxylic acids is 2. The lowest BCUT2D eigenvalue weighted by Crippen LogP contribution is -2.50. The average Bonchev–Trinajstić information content (AvgIpc) is 2.64. The van der Waals surface area contributed by atoms with Crippen LogP contribution in [-0.2, 0) is 4.79 Å². The van der Waals surface area contributed by atoms with E-state index in [9.17, 15) is 14.0 Å². The van der Waals surface area contributed by atoms with Crippen molar-refractivity contribution < 1.29 is 14.0 Å². The largest absolute Gasteiger partial charge is 0.340 e. The van der Waals surface area contributed by atoms with Crippen LogP contribution in [-0.4, -0.2) is 29.8 Å². The van der Waals surface area contributed by atoms with Gasteiger partial charge in [0.25, 0.3) is 5.91 Å². The van der Waals surface area contributed by atoms with Gasteiger partial charge in [-0.25, -0.2) is 4.39 Å². The fourth-order valence-electron chi connectivity index (χ4n) is 2.81. The fraction of sp³-hybridized carbons (Fsp3) is 0.333. The van der Waals surface area contributed by atoms with Gasteiger partial charge in [0.05, 0.1) is 16.6 Å². The maximum atomic E-state index is 14.1. The summed E-state index contributed by atoms with van der Waals surface area (Å²) >= 11 is 6.07. The van der Waals surface area contributed by atoms with E-state index in [4.69, 9.17) is 11.6 Å². The number of benzene rings is 2. The second-order valence-electron chi connectivity index (χ2n) is 6.82. The third-order valence-corrected chi connectivity index (χ3v) is 4.95. The highest BCUT2D eigenvalue weighted by Crippen LogP contribution is 2.23. The summed E-state index contributed by atoms with van der Waals surface area (Å²) in [6.07, 6.45) is 0. The second-order valence-corrected chi connectivity index (χ2v) is 7.23. The molecule has 2 amide bonds. The maximum Gasteiger partial charge on any atom is 0.253 e. The molecule has 0 aromatic heterocycles. The van der Waals surface area contributed by atoms with Crippen molar-refractivity contribution in [2.24, 2.45) is 5.92 Å². The molecule has 0 heterocycles. The molecule has 27 heavy (non-hydrogen) atoms. The monoisotopic (exact) mass is 390 g/mol. The molecule has 2 rings (SSSR count). The Morgan fingerprint density at radius 1 is 1.04 bits per heavy atom. The molecular weight excluding hydrogens is 367 g/mol. The molecule has 2 aromatic carbocycles. The van der Waals surface area contributed by atoms with E-state index in [1.807, 2.05) is 13.8 Å². The third kappa shape index (κ3) is 4.86. The lowest BCUT2D eigenvalue weighted by Gasteiger charge is -2.31. The van der Waals surface area contributed by atoms with Crippen molar-refractivity contribution in [3.8, 4) is 0 Å². The Morgan fingerprint density at radius 2 is 1.63 bits per heavy atom. The van der Waals surface area contributed by atoms with E-state index in [-0.39, 0.29) is 17.6 Å². The molecule has 0 spiro atoms. The number of carbonyl (C=O) groups is 2. The predicted molar refractivity (Wildman–Crippen MR) is 105 cm³/mol. The first-order valence-corrected chi connectivity index (χ1v) is 9.18. The number of nitrogens with zero attached hydrogens (tertiary/aromatic N) is 1. The number of likely N-dealkylation sites (N-methyl/N-ethyl adjacent to an activating group) is 1.